The van der Waals surface area contributed by atoms with Crippen molar-refractivity contribution in [2.75, 3.05) is 5.43 Å². The second kappa shape index (κ2) is 7.76. The predicted molar refractivity (Wildman–Crippen MR) is 119 cm³/mol. The number of alkyl halides is 3. The third-order valence-corrected chi connectivity index (χ3v) is 6.06. The predicted octanol–water partition coefficient (Wildman–Crippen LogP) is 4.68. The molecule has 0 aliphatic heterocycles. The topological polar surface area (TPSA) is 103 Å². The van der Waals surface area contributed by atoms with Gasteiger partial charge in [0.2, 0.25) is 0 Å². The minimum Gasteiger partial charge on any atom is -0.335 e. The molecule has 1 N–H and O–H groups in total. The van der Waals surface area contributed by atoms with Gasteiger partial charge in [-0.1, -0.05) is 23.4 Å². The molecule has 1 amide bonds. The summed E-state index contributed by atoms with van der Waals surface area (Å²) < 4.78 is 47.0. The van der Waals surface area contributed by atoms with Crippen molar-refractivity contribution in [3.8, 4) is 11.3 Å². The zero-order valence-corrected chi connectivity index (χ0v) is 18.4. The number of amides is 1. The van der Waals surface area contributed by atoms with Gasteiger partial charge in [-0.15, -0.1) is 11.3 Å². The molecular formula is C22H14F3N5O3S. The minimum atomic E-state index is -4.64. The van der Waals surface area contributed by atoms with Gasteiger partial charge in [-0.25, -0.2) is 14.6 Å². The maximum Gasteiger partial charge on any atom is 0.417 e. The Hall–Kier alpha value is -4.06. The van der Waals surface area contributed by atoms with Crippen molar-refractivity contribution in [2.24, 2.45) is 0 Å². The van der Waals surface area contributed by atoms with Crippen LogP contribution >= 0.6 is 11.3 Å². The number of nitrogens with zero attached hydrogens (tertiary/aromatic N) is 4. The number of aryl methyl sites for hydroxylation is 2. The smallest absolute Gasteiger partial charge is 0.335 e. The van der Waals surface area contributed by atoms with E-state index in [0.717, 1.165) is 10.7 Å². The highest BCUT2D eigenvalue weighted by Gasteiger charge is 2.34. The average molecular weight is 485 g/mol. The Morgan fingerprint density at radius 2 is 1.91 bits per heavy atom. The fourth-order valence-electron chi connectivity index (χ4n) is 3.67. The van der Waals surface area contributed by atoms with Gasteiger partial charge in [0.15, 0.2) is 0 Å². The van der Waals surface area contributed by atoms with Gasteiger partial charge >= 0.3 is 6.18 Å². The SMILES string of the molecule is Cc1noc2nc(-c3ccccc3C(F)(F)F)cc(C(=O)Nn3c(C)nc4sccc4c3=O)c12. The fourth-order valence-corrected chi connectivity index (χ4v) is 4.47. The number of nitrogens with one attached hydrogen (secondary N) is 1. The van der Waals surface area contributed by atoms with Crippen molar-refractivity contribution in [3.63, 3.8) is 0 Å². The summed E-state index contributed by atoms with van der Waals surface area (Å²) in [5.74, 6) is -0.519. The van der Waals surface area contributed by atoms with Gasteiger partial charge in [-0.2, -0.15) is 13.2 Å². The van der Waals surface area contributed by atoms with Gasteiger partial charge in [0.25, 0.3) is 17.2 Å². The number of fused-ring (bicyclic) bond motifs is 2. The molecule has 0 spiro atoms. The molecule has 0 bridgehead atoms. The van der Waals surface area contributed by atoms with Crippen LogP contribution in [0.15, 0.2) is 51.1 Å². The van der Waals surface area contributed by atoms with Gasteiger partial charge in [0.05, 0.1) is 33.3 Å². The van der Waals surface area contributed by atoms with E-state index in [1.807, 2.05) is 0 Å². The third kappa shape index (κ3) is 3.52. The molecule has 0 saturated heterocycles. The molecule has 34 heavy (non-hydrogen) atoms. The van der Waals surface area contributed by atoms with E-state index in [2.05, 4.69) is 20.6 Å². The minimum absolute atomic E-state index is 0.0487. The van der Waals surface area contributed by atoms with E-state index in [1.165, 1.54) is 35.6 Å². The van der Waals surface area contributed by atoms with Crippen molar-refractivity contribution in [1.29, 1.82) is 0 Å². The van der Waals surface area contributed by atoms with Gasteiger partial charge in [0, 0.05) is 5.56 Å². The summed E-state index contributed by atoms with van der Waals surface area (Å²) in [6.45, 7) is 3.13. The maximum absolute atomic E-state index is 13.6. The van der Waals surface area contributed by atoms with Gasteiger partial charge in [0.1, 0.15) is 10.7 Å². The first-order chi connectivity index (χ1) is 16.1. The Bertz CT molecular complexity index is 1650. The number of halogens is 3. The molecule has 0 saturated carbocycles. The molecule has 5 rings (SSSR count). The quantitative estimate of drug-likeness (QED) is 0.398. The van der Waals surface area contributed by atoms with Crippen LogP contribution in [0.3, 0.4) is 0 Å². The van der Waals surface area contributed by atoms with Crippen LogP contribution in [-0.2, 0) is 6.18 Å². The Kier molecular flexibility index (Phi) is 4.97. The number of rotatable bonds is 3. The Morgan fingerprint density at radius 1 is 1.15 bits per heavy atom. The third-order valence-electron chi connectivity index (χ3n) is 5.25. The summed E-state index contributed by atoms with van der Waals surface area (Å²) in [5, 5.41) is 6.07. The number of carbonyl (C=O) groups excluding carboxylic acids is 1. The molecule has 4 heterocycles. The molecule has 0 atom stereocenters. The van der Waals surface area contributed by atoms with Crippen LogP contribution in [0, 0.1) is 13.8 Å². The van der Waals surface area contributed by atoms with Crippen LogP contribution in [0.2, 0.25) is 0 Å². The highest BCUT2D eigenvalue weighted by molar-refractivity contribution is 7.16. The summed E-state index contributed by atoms with van der Waals surface area (Å²) in [7, 11) is 0. The van der Waals surface area contributed by atoms with Crippen molar-refractivity contribution in [1.82, 2.24) is 19.8 Å². The number of hydrogen-bond acceptors (Lipinski definition) is 7. The largest absolute Gasteiger partial charge is 0.417 e. The highest BCUT2D eigenvalue weighted by Crippen LogP contribution is 2.37. The first-order valence-electron chi connectivity index (χ1n) is 9.87. The molecule has 8 nitrogen and oxygen atoms in total. The summed E-state index contributed by atoms with van der Waals surface area (Å²) in [6.07, 6.45) is -4.64. The number of aromatic nitrogens is 4. The molecule has 1 aromatic carbocycles. The second-order valence-corrected chi connectivity index (χ2v) is 8.32. The zero-order valence-electron chi connectivity index (χ0n) is 17.6. The molecule has 0 radical (unpaired) electrons. The lowest BCUT2D eigenvalue weighted by molar-refractivity contribution is -0.137. The van der Waals surface area contributed by atoms with E-state index >= 15 is 0 Å². The number of carbonyl (C=O) groups is 1. The van der Waals surface area contributed by atoms with E-state index in [9.17, 15) is 22.8 Å². The normalized spacial score (nSPS) is 11.9. The highest BCUT2D eigenvalue weighted by atomic mass is 32.1. The summed E-state index contributed by atoms with van der Waals surface area (Å²) >= 11 is 1.29. The molecule has 0 fully saturated rings. The van der Waals surface area contributed by atoms with Crippen LogP contribution in [0.5, 0.6) is 0 Å². The van der Waals surface area contributed by atoms with E-state index in [4.69, 9.17) is 4.52 Å². The van der Waals surface area contributed by atoms with E-state index in [0.29, 0.717) is 15.9 Å². The Morgan fingerprint density at radius 3 is 2.68 bits per heavy atom. The van der Waals surface area contributed by atoms with Crippen molar-refractivity contribution in [2.45, 2.75) is 20.0 Å². The standard InChI is InChI=1S/C22H14F3N5O3S/c1-10-17-14(18(31)28-30-11(2)26-20-13(21(30)32)7-8-34-20)9-16(27-19(17)33-29-10)12-5-3-4-6-15(12)22(23,24)25/h3-9H,1-2H3,(H,28,31). The van der Waals surface area contributed by atoms with Crippen LogP contribution in [0.25, 0.3) is 32.6 Å². The summed E-state index contributed by atoms with van der Waals surface area (Å²) in [5.41, 5.74) is 0.915. The van der Waals surface area contributed by atoms with Crippen molar-refractivity contribution >= 4 is 38.6 Å². The fraction of sp³-hybridized carbons (Fsp3) is 0.136. The molecule has 5 aromatic rings. The molecule has 12 heteroatoms. The molecule has 172 valence electrons. The van der Waals surface area contributed by atoms with Gasteiger partial charge in [-0.3, -0.25) is 15.0 Å². The van der Waals surface area contributed by atoms with Crippen molar-refractivity contribution < 1.29 is 22.5 Å². The zero-order chi connectivity index (χ0) is 24.2. The molecule has 0 aliphatic carbocycles. The van der Waals surface area contributed by atoms with Gasteiger partial charge < -0.3 is 4.52 Å². The molecular weight excluding hydrogens is 471 g/mol. The van der Waals surface area contributed by atoms with Crippen LogP contribution in [0.4, 0.5) is 13.2 Å². The Labute approximate surface area is 192 Å². The lowest BCUT2D eigenvalue weighted by atomic mass is 10.0. The number of hydrogen-bond donors (Lipinski definition) is 1. The van der Waals surface area contributed by atoms with Crippen LogP contribution in [0.1, 0.15) is 27.4 Å². The summed E-state index contributed by atoms with van der Waals surface area (Å²) in [4.78, 5) is 35.2. The Balaban J connectivity index is 1.67. The average Bonchev–Trinajstić information content (AvgIpc) is 3.42. The number of thiophene rings is 1. The monoisotopic (exact) mass is 485 g/mol. The lowest BCUT2D eigenvalue weighted by Crippen LogP contribution is -2.35. The lowest BCUT2D eigenvalue weighted by Gasteiger charge is -2.14. The number of benzene rings is 1. The summed E-state index contributed by atoms with van der Waals surface area (Å²) in [6, 6.07) is 7.70. The van der Waals surface area contributed by atoms with Gasteiger partial charge in [-0.05, 0) is 37.4 Å². The van der Waals surface area contributed by atoms with E-state index < -0.39 is 23.2 Å². The molecule has 0 unspecified atom stereocenters. The number of pyridine rings is 1. The van der Waals surface area contributed by atoms with E-state index in [-0.39, 0.29) is 33.7 Å². The second-order valence-electron chi connectivity index (χ2n) is 7.43. The van der Waals surface area contributed by atoms with Crippen LogP contribution in [-0.4, -0.2) is 25.7 Å². The first-order valence-corrected chi connectivity index (χ1v) is 10.7. The van der Waals surface area contributed by atoms with E-state index in [1.54, 1.807) is 25.3 Å². The van der Waals surface area contributed by atoms with Crippen molar-refractivity contribution in [3.05, 3.63) is 74.8 Å². The maximum atomic E-state index is 13.6. The first kappa shape index (κ1) is 21.8. The molecule has 0 aliphatic rings. The molecule has 4 aromatic heterocycles. The van der Waals surface area contributed by atoms with Crippen LogP contribution < -0.4 is 11.0 Å².